The van der Waals surface area contributed by atoms with Crippen LogP contribution in [0, 0.1) is 0 Å². The fourth-order valence-corrected chi connectivity index (χ4v) is 14.1. The molecule has 2 aliphatic carbocycles. The molecule has 0 amide bonds. The molecule has 1 heterocycles. The highest BCUT2D eigenvalue weighted by Crippen LogP contribution is 2.64. The van der Waals surface area contributed by atoms with Gasteiger partial charge in [0.1, 0.15) is 0 Å². The Morgan fingerprint density at radius 2 is 0.766 bits per heavy atom. The SMILES string of the molecule is CC(C)(C)c1ccc2c(c1)C1(c3ccccc3-c3ccc(N(c4ccc(-c5cccc6c5sc5ccccc56)cc4)c4ccccc4-c4ccccc4-c4ccccc4-c4ccccc4)cc31)c1cc(C(C)(C)C)ccc1-2. The smallest absolute Gasteiger partial charge is 0.0726 e. The van der Waals surface area contributed by atoms with Gasteiger partial charge in [0.15, 0.2) is 0 Å². The van der Waals surface area contributed by atoms with Gasteiger partial charge in [0.05, 0.1) is 11.1 Å². The number of fused-ring (bicyclic) bond motifs is 13. The van der Waals surface area contributed by atoms with Gasteiger partial charge < -0.3 is 4.90 Å². The highest BCUT2D eigenvalue weighted by Gasteiger charge is 2.52. The monoisotopic (exact) mass is 1010 g/mol. The van der Waals surface area contributed by atoms with Crippen molar-refractivity contribution in [2.45, 2.75) is 57.8 Å². The molecule has 0 saturated carbocycles. The topological polar surface area (TPSA) is 3.24 Å². The minimum Gasteiger partial charge on any atom is -0.310 e. The third kappa shape index (κ3) is 7.41. The summed E-state index contributed by atoms with van der Waals surface area (Å²) in [5.41, 5.74) is 25.6. The lowest BCUT2D eigenvalue weighted by molar-refractivity contribution is 0.586. The molecule has 2 heteroatoms. The number of anilines is 3. The molecule has 14 rings (SSSR count). The standard InChI is InChI=1S/C75H59NS/c1-73(2,3)50-37-42-60-61-43-38-51(74(4,5)6)46-68(61)75(67(60)45-50)66-32-17-14-27-59(66)62-44-41-53(47-69(62)75)76(52-39-35-49(36-40-52)55-30-20-31-65-64-29-16-19-34-71(64)77-72(55)65)70-33-18-15-28-63(70)58-26-13-12-25-57(58)56-24-11-10-23-54(56)48-21-8-7-9-22-48/h7-47H,1-6H3. The van der Waals surface area contributed by atoms with Crippen molar-refractivity contribution in [2.24, 2.45) is 0 Å². The molecule has 1 spiro atoms. The Morgan fingerprint density at radius 1 is 0.312 bits per heavy atom. The van der Waals surface area contributed by atoms with Crippen LogP contribution in [-0.2, 0) is 16.2 Å². The Kier molecular flexibility index (Phi) is 10.8. The molecule has 0 saturated heterocycles. The Bertz CT molecular complexity index is 4230. The summed E-state index contributed by atoms with van der Waals surface area (Å²) in [6, 6.07) is 93.9. The van der Waals surface area contributed by atoms with E-state index in [-0.39, 0.29) is 10.8 Å². The lowest BCUT2D eigenvalue weighted by atomic mass is 9.68. The zero-order valence-electron chi connectivity index (χ0n) is 44.5. The second-order valence-corrected chi connectivity index (χ2v) is 24.2. The summed E-state index contributed by atoms with van der Waals surface area (Å²) in [7, 11) is 0. The van der Waals surface area contributed by atoms with Gasteiger partial charge in [-0.1, -0.05) is 254 Å². The van der Waals surface area contributed by atoms with E-state index in [1.807, 2.05) is 11.3 Å². The molecule has 0 N–H and O–H groups in total. The first-order chi connectivity index (χ1) is 37.5. The van der Waals surface area contributed by atoms with Crippen LogP contribution in [0.25, 0.3) is 86.9 Å². The van der Waals surface area contributed by atoms with E-state index in [0.717, 1.165) is 22.6 Å². The van der Waals surface area contributed by atoms with Crippen molar-refractivity contribution in [3.63, 3.8) is 0 Å². The van der Waals surface area contributed by atoms with Gasteiger partial charge in [-0.05, 0) is 142 Å². The second kappa shape index (κ2) is 17.8. The second-order valence-electron chi connectivity index (χ2n) is 23.2. The van der Waals surface area contributed by atoms with Crippen LogP contribution in [0.3, 0.4) is 0 Å². The first-order valence-electron chi connectivity index (χ1n) is 27.2. The Balaban J connectivity index is 1.02. The lowest BCUT2D eigenvalue weighted by Gasteiger charge is -2.34. The van der Waals surface area contributed by atoms with Gasteiger partial charge in [-0.25, -0.2) is 0 Å². The van der Waals surface area contributed by atoms with Gasteiger partial charge in [-0.15, -0.1) is 11.3 Å². The summed E-state index contributed by atoms with van der Waals surface area (Å²) < 4.78 is 2.63. The summed E-state index contributed by atoms with van der Waals surface area (Å²) >= 11 is 1.89. The van der Waals surface area contributed by atoms with Crippen LogP contribution in [0.2, 0.25) is 0 Å². The Morgan fingerprint density at radius 3 is 1.43 bits per heavy atom. The van der Waals surface area contributed by atoms with Gasteiger partial charge >= 0.3 is 0 Å². The largest absolute Gasteiger partial charge is 0.310 e. The van der Waals surface area contributed by atoms with Gasteiger partial charge in [0.2, 0.25) is 0 Å². The Labute approximate surface area is 457 Å². The quantitative estimate of drug-likeness (QED) is 0.154. The fourth-order valence-electron chi connectivity index (χ4n) is 12.9. The minimum atomic E-state index is -0.555. The van der Waals surface area contributed by atoms with Gasteiger partial charge in [0, 0.05) is 37.1 Å². The van der Waals surface area contributed by atoms with Gasteiger partial charge in [-0.2, -0.15) is 0 Å². The number of rotatable bonds is 7. The normalized spacial score (nSPS) is 13.2. The van der Waals surface area contributed by atoms with Crippen LogP contribution < -0.4 is 4.90 Å². The molecule has 11 aromatic carbocycles. The molecule has 1 nitrogen and oxygen atoms in total. The van der Waals surface area contributed by atoms with E-state index in [9.17, 15) is 0 Å². The molecule has 0 bridgehead atoms. The molecule has 1 aromatic heterocycles. The van der Waals surface area contributed by atoms with E-state index in [1.54, 1.807) is 0 Å². The lowest BCUT2D eigenvalue weighted by Crippen LogP contribution is -2.27. The average molecular weight is 1010 g/mol. The summed E-state index contributed by atoms with van der Waals surface area (Å²) in [5, 5.41) is 2.62. The van der Waals surface area contributed by atoms with E-state index in [4.69, 9.17) is 0 Å². The minimum absolute atomic E-state index is 0.0442. The average Bonchev–Trinajstić information content (AvgIpc) is 4.24. The molecule has 370 valence electrons. The van der Waals surface area contributed by atoms with Crippen LogP contribution in [0.1, 0.15) is 74.9 Å². The van der Waals surface area contributed by atoms with Gasteiger partial charge in [0.25, 0.3) is 0 Å². The highest BCUT2D eigenvalue weighted by atomic mass is 32.1. The predicted octanol–water partition coefficient (Wildman–Crippen LogP) is 21.1. The predicted molar refractivity (Wildman–Crippen MR) is 329 cm³/mol. The molecule has 77 heavy (non-hydrogen) atoms. The molecule has 0 atom stereocenters. The number of para-hydroxylation sites is 1. The maximum atomic E-state index is 2.56. The van der Waals surface area contributed by atoms with Crippen LogP contribution in [0.5, 0.6) is 0 Å². The third-order valence-electron chi connectivity index (χ3n) is 16.7. The summed E-state index contributed by atoms with van der Waals surface area (Å²) in [5.74, 6) is 0. The van der Waals surface area contributed by atoms with E-state index in [2.05, 4.69) is 295 Å². The van der Waals surface area contributed by atoms with Gasteiger partial charge in [-0.3, -0.25) is 0 Å². The van der Waals surface area contributed by atoms with Crippen molar-refractivity contribution >= 4 is 48.6 Å². The van der Waals surface area contributed by atoms with Crippen molar-refractivity contribution in [2.75, 3.05) is 4.90 Å². The number of nitrogens with zero attached hydrogens (tertiary/aromatic N) is 1. The fraction of sp³-hybridized carbons (Fsp3) is 0.120. The van der Waals surface area contributed by atoms with Crippen LogP contribution >= 0.6 is 11.3 Å². The number of hydrogen-bond acceptors (Lipinski definition) is 2. The highest BCUT2D eigenvalue weighted by molar-refractivity contribution is 7.26. The van der Waals surface area contributed by atoms with Crippen molar-refractivity contribution in [3.05, 3.63) is 282 Å². The molecular weight excluding hydrogens is 947 g/mol. The zero-order chi connectivity index (χ0) is 52.2. The van der Waals surface area contributed by atoms with Crippen LogP contribution in [-0.4, -0.2) is 0 Å². The molecule has 0 unspecified atom stereocenters. The molecular formula is C75H59NS. The maximum absolute atomic E-state index is 2.56. The first-order valence-corrected chi connectivity index (χ1v) is 28.0. The molecule has 0 fully saturated rings. The zero-order valence-corrected chi connectivity index (χ0v) is 45.3. The number of thiophene rings is 1. The number of hydrogen-bond donors (Lipinski definition) is 0. The summed E-state index contributed by atoms with van der Waals surface area (Å²) in [4.78, 5) is 2.53. The molecule has 12 aromatic rings. The van der Waals surface area contributed by atoms with E-state index >= 15 is 0 Å². The van der Waals surface area contributed by atoms with E-state index in [0.29, 0.717) is 0 Å². The van der Waals surface area contributed by atoms with Crippen molar-refractivity contribution < 1.29 is 0 Å². The molecule has 2 aliphatic rings. The molecule has 0 radical (unpaired) electrons. The van der Waals surface area contributed by atoms with Crippen LogP contribution in [0.15, 0.2) is 249 Å². The van der Waals surface area contributed by atoms with Crippen molar-refractivity contribution in [1.29, 1.82) is 0 Å². The summed E-state index contributed by atoms with van der Waals surface area (Å²) in [6.07, 6.45) is 0. The first kappa shape index (κ1) is 46.9. The van der Waals surface area contributed by atoms with Crippen molar-refractivity contribution in [3.8, 4) is 66.8 Å². The summed E-state index contributed by atoms with van der Waals surface area (Å²) in [6.45, 7) is 14.1. The van der Waals surface area contributed by atoms with E-state index < -0.39 is 5.41 Å². The molecule has 0 aliphatic heterocycles. The maximum Gasteiger partial charge on any atom is 0.0726 e. The Hall–Kier alpha value is -8.56. The number of benzene rings is 11. The van der Waals surface area contributed by atoms with Crippen LogP contribution in [0.4, 0.5) is 17.1 Å². The van der Waals surface area contributed by atoms with E-state index in [1.165, 1.54) is 115 Å². The third-order valence-corrected chi connectivity index (χ3v) is 17.9. The van der Waals surface area contributed by atoms with Crippen molar-refractivity contribution in [1.82, 2.24) is 0 Å².